The van der Waals surface area contributed by atoms with E-state index in [4.69, 9.17) is 0 Å². The van der Waals surface area contributed by atoms with Gasteiger partial charge in [-0.25, -0.2) is 0 Å². The van der Waals surface area contributed by atoms with Crippen LogP contribution >= 0.6 is 0 Å². The zero-order chi connectivity index (χ0) is 7.19. The van der Waals surface area contributed by atoms with Gasteiger partial charge in [-0.1, -0.05) is 0 Å². The average molecular weight is 142 g/mol. The van der Waals surface area contributed by atoms with Crippen LogP contribution in [0.1, 0.15) is 13.3 Å². The SMILES string of the molecule is CC(O)C12CNC(CN1)C2. The highest BCUT2D eigenvalue weighted by molar-refractivity contribution is 5.10. The lowest BCUT2D eigenvalue weighted by molar-refractivity contribution is 0.0950. The van der Waals surface area contributed by atoms with Gasteiger partial charge in [0.05, 0.1) is 11.6 Å². The maximum atomic E-state index is 9.43. The number of fused-ring (bicyclic) bond motifs is 2. The molecule has 2 aliphatic heterocycles. The van der Waals surface area contributed by atoms with Gasteiger partial charge in [-0.05, 0) is 13.3 Å². The summed E-state index contributed by atoms with van der Waals surface area (Å²) in [5, 5.41) is 16.1. The van der Waals surface area contributed by atoms with Gasteiger partial charge in [-0.2, -0.15) is 0 Å². The molecule has 0 spiro atoms. The molecular formula is C7H14N2O. The van der Waals surface area contributed by atoms with Gasteiger partial charge in [0, 0.05) is 19.1 Å². The molecule has 0 aromatic heterocycles. The topological polar surface area (TPSA) is 44.3 Å². The second-order valence-electron chi connectivity index (χ2n) is 3.49. The molecule has 0 radical (unpaired) electrons. The minimum absolute atomic E-state index is 0.00463. The van der Waals surface area contributed by atoms with Gasteiger partial charge in [-0.3, -0.25) is 0 Å². The minimum atomic E-state index is -0.229. The van der Waals surface area contributed by atoms with Crippen molar-refractivity contribution < 1.29 is 5.11 Å². The highest BCUT2D eigenvalue weighted by Crippen LogP contribution is 2.28. The predicted molar refractivity (Wildman–Crippen MR) is 38.8 cm³/mol. The van der Waals surface area contributed by atoms with Crippen molar-refractivity contribution in [3.8, 4) is 0 Å². The van der Waals surface area contributed by atoms with Crippen molar-refractivity contribution in [3.63, 3.8) is 0 Å². The second-order valence-corrected chi connectivity index (χ2v) is 3.49. The predicted octanol–water partition coefficient (Wildman–Crippen LogP) is -0.929. The van der Waals surface area contributed by atoms with Crippen LogP contribution in [0.3, 0.4) is 0 Å². The molecule has 58 valence electrons. The lowest BCUT2D eigenvalue weighted by Gasteiger charge is -2.30. The second kappa shape index (κ2) is 1.94. The summed E-state index contributed by atoms with van der Waals surface area (Å²) >= 11 is 0. The summed E-state index contributed by atoms with van der Waals surface area (Å²) < 4.78 is 0. The van der Waals surface area contributed by atoms with Crippen molar-refractivity contribution in [2.24, 2.45) is 0 Å². The van der Waals surface area contributed by atoms with Gasteiger partial charge in [-0.15, -0.1) is 0 Å². The Kier molecular flexibility index (Phi) is 1.27. The summed E-state index contributed by atoms with van der Waals surface area (Å²) in [4.78, 5) is 0. The van der Waals surface area contributed by atoms with Crippen LogP contribution in [0.25, 0.3) is 0 Å². The number of hydrogen-bond acceptors (Lipinski definition) is 3. The standard InChI is InChI=1S/C7H14N2O/c1-5(10)7-2-6(3-9-7)8-4-7/h5-6,8-10H,2-4H2,1H3. The number of aliphatic hydroxyl groups is 1. The van der Waals surface area contributed by atoms with Crippen molar-refractivity contribution in [2.75, 3.05) is 13.1 Å². The summed E-state index contributed by atoms with van der Waals surface area (Å²) in [7, 11) is 0. The monoisotopic (exact) mass is 142 g/mol. The maximum Gasteiger partial charge on any atom is 0.0706 e. The first-order chi connectivity index (χ1) is 4.73. The van der Waals surface area contributed by atoms with Gasteiger partial charge in [0.1, 0.15) is 0 Å². The van der Waals surface area contributed by atoms with Gasteiger partial charge >= 0.3 is 0 Å². The molecule has 3 heteroatoms. The molecule has 3 nitrogen and oxygen atoms in total. The molecule has 2 aliphatic rings. The molecule has 2 fully saturated rings. The third-order valence-corrected chi connectivity index (χ3v) is 2.82. The van der Waals surface area contributed by atoms with Gasteiger partial charge in [0.2, 0.25) is 0 Å². The van der Waals surface area contributed by atoms with E-state index in [0.717, 1.165) is 19.5 Å². The van der Waals surface area contributed by atoms with Crippen molar-refractivity contribution in [3.05, 3.63) is 0 Å². The minimum Gasteiger partial charge on any atom is -0.391 e. The smallest absolute Gasteiger partial charge is 0.0706 e. The highest BCUT2D eigenvalue weighted by atomic mass is 16.3. The summed E-state index contributed by atoms with van der Waals surface area (Å²) in [5.74, 6) is 0. The third-order valence-electron chi connectivity index (χ3n) is 2.82. The Hall–Kier alpha value is -0.120. The zero-order valence-electron chi connectivity index (χ0n) is 6.22. The molecule has 3 N–H and O–H groups in total. The van der Waals surface area contributed by atoms with E-state index in [-0.39, 0.29) is 11.6 Å². The average Bonchev–Trinajstić information content (AvgIpc) is 2.45. The molecule has 0 saturated carbocycles. The van der Waals surface area contributed by atoms with Crippen LogP contribution in [0.5, 0.6) is 0 Å². The summed E-state index contributed by atoms with van der Waals surface area (Å²) in [6.07, 6.45) is 0.859. The molecule has 0 aliphatic carbocycles. The van der Waals surface area contributed by atoms with E-state index in [1.165, 1.54) is 0 Å². The lowest BCUT2D eigenvalue weighted by atomic mass is 9.94. The van der Waals surface area contributed by atoms with Crippen LogP contribution in [0.15, 0.2) is 0 Å². The van der Waals surface area contributed by atoms with E-state index in [1.807, 2.05) is 6.92 Å². The molecule has 0 amide bonds. The van der Waals surface area contributed by atoms with Crippen molar-refractivity contribution in [2.45, 2.75) is 31.0 Å². The Labute approximate surface area is 60.8 Å². The van der Waals surface area contributed by atoms with Gasteiger partial charge in [0.15, 0.2) is 0 Å². The number of rotatable bonds is 1. The normalized spacial score (nSPS) is 48.0. The fourth-order valence-electron chi connectivity index (χ4n) is 1.98. The fourth-order valence-corrected chi connectivity index (χ4v) is 1.98. The number of piperazine rings is 1. The molecule has 0 aromatic carbocycles. The van der Waals surface area contributed by atoms with Gasteiger partial charge in [0.25, 0.3) is 0 Å². The molecule has 2 heterocycles. The number of nitrogens with one attached hydrogen (secondary N) is 2. The summed E-state index contributed by atoms with van der Waals surface area (Å²) in [6, 6.07) is 0.606. The van der Waals surface area contributed by atoms with E-state index < -0.39 is 0 Å². The van der Waals surface area contributed by atoms with Gasteiger partial charge < -0.3 is 15.7 Å². The van der Waals surface area contributed by atoms with E-state index in [2.05, 4.69) is 10.6 Å². The summed E-state index contributed by atoms with van der Waals surface area (Å²) in [6.45, 7) is 3.81. The molecule has 2 saturated heterocycles. The Bertz CT molecular complexity index is 139. The zero-order valence-corrected chi connectivity index (χ0v) is 6.22. The van der Waals surface area contributed by atoms with E-state index in [9.17, 15) is 5.11 Å². The van der Waals surface area contributed by atoms with Crippen LogP contribution in [0.2, 0.25) is 0 Å². The largest absolute Gasteiger partial charge is 0.391 e. The Morgan fingerprint density at radius 3 is 2.70 bits per heavy atom. The maximum absolute atomic E-state index is 9.43. The van der Waals surface area contributed by atoms with E-state index >= 15 is 0 Å². The fraction of sp³-hybridized carbons (Fsp3) is 1.00. The van der Waals surface area contributed by atoms with Crippen molar-refractivity contribution in [1.82, 2.24) is 10.6 Å². The first kappa shape index (κ1) is 6.58. The van der Waals surface area contributed by atoms with Crippen LogP contribution in [-0.4, -0.2) is 35.9 Å². The Morgan fingerprint density at radius 2 is 2.50 bits per heavy atom. The van der Waals surface area contributed by atoms with Crippen LogP contribution < -0.4 is 10.6 Å². The molecule has 0 aromatic rings. The molecule has 2 rings (SSSR count). The van der Waals surface area contributed by atoms with E-state index in [0.29, 0.717) is 6.04 Å². The molecule has 10 heavy (non-hydrogen) atoms. The van der Waals surface area contributed by atoms with E-state index in [1.54, 1.807) is 0 Å². The number of hydrogen-bond donors (Lipinski definition) is 3. The quantitative estimate of drug-likeness (QED) is 0.443. The van der Waals surface area contributed by atoms with Crippen molar-refractivity contribution >= 4 is 0 Å². The third kappa shape index (κ3) is 0.713. The lowest BCUT2D eigenvalue weighted by Crippen LogP contribution is -2.55. The number of aliphatic hydroxyl groups excluding tert-OH is 1. The Balaban J connectivity index is 2.15. The molecule has 3 atom stereocenters. The van der Waals surface area contributed by atoms with Crippen LogP contribution in [0, 0.1) is 0 Å². The molecular weight excluding hydrogens is 128 g/mol. The summed E-state index contributed by atoms with van der Waals surface area (Å²) in [5.41, 5.74) is 0.00463. The van der Waals surface area contributed by atoms with Crippen molar-refractivity contribution in [1.29, 1.82) is 0 Å². The first-order valence-corrected chi connectivity index (χ1v) is 3.89. The first-order valence-electron chi connectivity index (χ1n) is 3.89. The Morgan fingerprint density at radius 1 is 1.70 bits per heavy atom. The molecule has 3 unspecified atom stereocenters. The highest BCUT2D eigenvalue weighted by Gasteiger charge is 2.47. The van der Waals surface area contributed by atoms with Crippen LogP contribution in [-0.2, 0) is 0 Å². The molecule has 2 bridgehead atoms. The van der Waals surface area contributed by atoms with Crippen LogP contribution in [0.4, 0.5) is 0 Å².